The molecule has 1 aliphatic heterocycles. The van der Waals surface area contributed by atoms with E-state index in [1.165, 1.54) is 4.90 Å². The van der Waals surface area contributed by atoms with E-state index in [4.69, 9.17) is 40.2 Å². The molecule has 1 aromatic rings. The van der Waals surface area contributed by atoms with Crippen LogP contribution in [0.4, 0.5) is 0 Å². The van der Waals surface area contributed by atoms with Gasteiger partial charge in [-0.1, -0.05) is 36.2 Å². The predicted octanol–water partition coefficient (Wildman–Crippen LogP) is 1.49. The topological polar surface area (TPSA) is 50.1 Å². The molecular weight excluding hydrogens is 367 g/mol. The zero-order valence-corrected chi connectivity index (χ0v) is 16.0. The number of morpholine rings is 1. The van der Waals surface area contributed by atoms with E-state index in [0.29, 0.717) is 15.2 Å². The van der Waals surface area contributed by atoms with Gasteiger partial charge < -0.3 is 15.0 Å². The number of quaternary nitrogens is 1. The molecule has 2 rings (SSSR count). The number of nitrogens with zero attached hydrogens (tertiary/aromatic N) is 1. The fraction of sp³-hybridized carbons (Fsp3) is 0.500. The third-order valence-corrected chi connectivity index (χ3v) is 4.62. The van der Waals surface area contributed by atoms with Crippen LogP contribution >= 0.6 is 35.4 Å². The van der Waals surface area contributed by atoms with E-state index in [-0.39, 0.29) is 0 Å². The molecule has 0 atom stereocenters. The Morgan fingerprint density at radius 3 is 2.75 bits per heavy atom. The lowest BCUT2D eigenvalue weighted by Gasteiger charge is -2.23. The van der Waals surface area contributed by atoms with Gasteiger partial charge in [0.25, 0.3) is 0 Å². The van der Waals surface area contributed by atoms with Crippen molar-refractivity contribution in [1.82, 2.24) is 10.7 Å². The minimum Gasteiger partial charge on any atom is -0.370 e. The molecule has 5 nitrogen and oxygen atoms in total. The number of hydrogen-bond acceptors (Lipinski definition) is 3. The van der Waals surface area contributed by atoms with Crippen LogP contribution in [-0.4, -0.2) is 50.2 Å². The molecule has 132 valence electrons. The van der Waals surface area contributed by atoms with Crippen LogP contribution in [0, 0.1) is 0 Å². The Bertz CT molecular complexity index is 591. The minimum atomic E-state index is 0.513. The van der Waals surface area contributed by atoms with Gasteiger partial charge in [-0.05, 0) is 30.8 Å². The normalized spacial score (nSPS) is 16.0. The second-order valence-corrected chi connectivity index (χ2v) is 6.77. The second-order valence-electron chi connectivity index (χ2n) is 5.52. The quantitative estimate of drug-likeness (QED) is 0.391. The number of ether oxygens (including phenoxy) is 1. The molecule has 0 saturated carbocycles. The molecule has 0 radical (unpaired) electrons. The molecule has 1 aliphatic rings. The number of halogens is 2. The highest BCUT2D eigenvalue weighted by molar-refractivity contribution is 7.80. The maximum atomic E-state index is 6.23. The first kappa shape index (κ1) is 19.4. The Labute approximate surface area is 158 Å². The fourth-order valence-corrected chi connectivity index (χ4v) is 3.14. The van der Waals surface area contributed by atoms with Crippen molar-refractivity contribution in [2.75, 3.05) is 39.4 Å². The van der Waals surface area contributed by atoms with Gasteiger partial charge in [0.15, 0.2) is 5.11 Å². The summed E-state index contributed by atoms with van der Waals surface area (Å²) >= 11 is 17.4. The number of nitrogens with one attached hydrogen (secondary N) is 3. The summed E-state index contributed by atoms with van der Waals surface area (Å²) in [7, 11) is 0. The van der Waals surface area contributed by atoms with E-state index in [9.17, 15) is 0 Å². The zero-order chi connectivity index (χ0) is 17.4. The first-order chi connectivity index (χ1) is 11.6. The van der Waals surface area contributed by atoms with Crippen molar-refractivity contribution in [3.63, 3.8) is 0 Å². The Balaban J connectivity index is 1.82. The number of benzene rings is 1. The third-order valence-electron chi connectivity index (χ3n) is 3.83. The zero-order valence-electron chi connectivity index (χ0n) is 13.7. The van der Waals surface area contributed by atoms with Gasteiger partial charge in [0.05, 0.1) is 37.0 Å². The standard InChI is InChI=1S/C16H22Cl2N4OS/c1-2-15(13-4-3-12(17)11-14(13)18)20-21-16(24)19-5-6-22-7-9-23-10-8-22/h3-4,11H,2,5-10H2,1H3,(H2,19,21,24)/p+1/b20-15-. The summed E-state index contributed by atoms with van der Waals surface area (Å²) in [6, 6.07) is 5.38. The monoisotopic (exact) mass is 389 g/mol. The highest BCUT2D eigenvalue weighted by Gasteiger charge is 2.13. The van der Waals surface area contributed by atoms with Crippen LogP contribution in [0.5, 0.6) is 0 Å². The van der Waals surface area contributed by atoms with E-state index in [2.05, 4.69) is 15.8 Å². The van der Waals surface area contributed by atoms with Crippen LogP contribution < -0.4 is 15.6 Å². The molecule has 0 spiro atoms. The molecule has 3 N–H and O–H groups in total. The molecule has 1 fully saturated rings. The van der Waals surface area contributed by atoms with Crippen molar-refractivity contribution >= 4 is 46.2 Å². The summed E-state index contributed by atoms with van der Waals surface area (Å²) in [6.07, 6.45) is 0.731. The van der Waals surface area contributed by atoms with E-state index in [1.807, 2.05) is 13.0 Å². The Kier molecular flexibility index (Phi) is 8.21. The average Bonchev–Trinajstić information content (AvgIpc) is 2.58. The number of thiocarbonyl (C=S) groups is 1. The van der Waals surface area contributed by atoms with Crippen LogP contribution in [0.3, 0.4) is 0 Å². The van der Waals surface area contributed by atoms with Crippen LogP contribution in [0.2, 0.25) is 10.0 Å². The van der Waals surface area contributed by atoms with Gasteiger partial charge in [-0.15, -0.1) is 0 Å². The number of hydrogen-bond donors (Lipinski definition) is 3. The number of hydrazone groups is 1. The predicted molar refractivity (Wildman–Crippen MR) is 103 cm³/mol. The Hall–Kier alpha value is -0.920. The molecular formula is C16H23Cl2N4OS+. The maximum absolute atomic E-state index is 6.23. The van der Waals surface area contributed by atoms with Gasteiger partial charge >= 0.3 is 0 Å². The van der Waals surface area contributed by atoms with Crippen molar-refractivity contribution in [3.8, 4) is 0 Å². The van der Waals surface area contributed by atoms with Crippen LogP contribution in [0.15, 0.2) is 23.3 Å². The molecule has 0 unspecified atom stereocenters. The molecule has 1 aromatic carbocycles. The summed E-state index contributed by atoms with van der Waals surface area (Å²) in [5.41, 5.74) is 4.59. The molecule has 1 heterocycles. The van der Waals surface area contributed by atoms with E-state index < -0.39 is 0 Å². The second kappa shape index (κ2) is 10.2. The molecule has 0 bridgehead atoms. The summed E-state index contributed by atoms with van der Waals surface area (Å²) in [6.45, 7) is 7.61. The van der Waals surface area contributed by atoms with Gasteiger partial charge in [-0.3, -0.25) is 5.43 Å². The first-order valence-electron chi connectivity index (χ1n) is 8.07. The lowest BCUT2D eigenvalue weighted by molar-refractivity contribution is -0.906. The average molecular weight is 390 g/mol. The molecule has 0 aliphatic carbocycles. The number of rotatable bonds is 6. The first-order valence-corrected chi connectivity index (χ1v) is 9.23. The van der Waals surface area contributed by atoms with Crippen molar-refractivity contribution in [2.24, 2.45) is 5.10 Å². The molecule has 24 heavy (non-hydrogen) atoms. The van der Waals surface area contributed by atoms with Crippen molar-refractivity contribution in [1.29, 1.82) is 0 Å². The SMILES string of the molecule is CC/C(=N/NC(=S)NCC[NH+]1CCOCC1)c1ccc(Cl)cc1Cl. The van der Waals surface area contributed by atoms with Crippen molar-refractivity contribution in [3.05, 3.63) is 33.8 Å². The van der Waals surface area contributed by atoms with E-state index >= 15 is 0 Å². The van der Waals surface area contributed by atoms with Gasteiger partial charge in [0, 0.05) is 10.6 Å². The third kappa shape index (κ3) is 6.18. The molecule has 0 aromatic heterocycles. The van der Waals surface area contributed by atoms with Crippen molar-refractivity contribution < 1.29 is 9.64 Å². The molecule has 0 amide bonds. The summed E-state index contributed by atoms with van der Waals surface area (Å²) < 4.78 is 5.35. The lowest BCUT2D eigenvalue weighted by Crippen LogP contribution is -3.14. The van der Waals surface area contributed by atoms with Crippen LogP contribution in [0.25, 0.3) is 0 Å². The smallest absolute Gasteiger partial charge is 0.187 e. The fourth-order valence-electron chi connectivity index (χ4n) is 2.47. The highest BCUT2D eigenvalue weighted by Crippen LogP contribution is 2.22. The van der Waals surface area contributed by atoms with E-state index in [1.54, 1.807) is 12.1 Å². The van der Waals surface area contributed by atoms with E-state index in [0.717, 1.165) is 57.1 Å². The summed E-state index contributed by atoms with van der Waals surface area (Å²) in [5, 5.41) is 9.26. The highest BCUT2D eigenvalue weighted by atomic mass is 35.5. The Morgan fingerprint density at radius 1 is 1.33 bits per heavy atom. The molecule has 1 saturated heterocycles. The Morgan fingerprint density at radius 2 is 2.08 bits per heavy atom. The van der Waals surface area contributed by atoms with Crippen molar-refractivity contribution in [2.45, 2.75) is 13.3 Å². The lowest BCUT2D eigenvalue weighted by atomic mass is 10.1. The minimum absolute atomic E-state index is 0.513. The molecule has 8 heteroatoms. The van der Waals surface area contributed by atoms with Crippen LogP contribution in [-0.2, 0) is 4.74 Å². The van der Waals surface area contributed by atoms with Gasteiger partial charge in [-0.2, -0.15) is 5.10 Å². The summed E-state index contributed by atoms with van der Waals surface area (Å²) in [4.78, 5) is 1.53. The van der Waals surface area contributed by atoms with Gasteiger partial charge in [0.1, 0.15) is 13.1 Å². The largest absolute Gasteiger partial charge is 0.370 e. The van der Waals surface area contributed by atoms with Gasteiger partial charge in [-0.25, -0.2) is 0 Å². The summed E-state index contributed by atoms with van der Waals surface area (Å²) in [5.74, 6) is 0. The van der Waals surface area contributed by atoms with Crippen LogP contribution in [0.1, 0.15) is 18.9 Å². The van der Waals surface area contributed by atoms with Gasteiger partial charge in [0.2, 0.25) is 0 Å². The maximum Gasteiger partial charge on any atom is 0.187 e.